The molecule has 0 aliphatic rings. The van der Waals surface area contributed by atoms with E-state index in [-0.39, 0.29) is 5.56 Å². The topological polar surface area (TPSA) is 87.6 Å². The minimum atomic E-state index is -0.391. The van der Waals surface area contributed by atoms with Crippen LogP contribution in [-0.2, 0) is 20.6 Å². The average Bonchev–Trinajstić information content (AvgIpc) is 3.04. The van der Waals surface area contributed by atoms with Gasteiger partial charge in [0.2, 0.25) is 0 Å². The summed E-state index contributed by atoms with van der Waals surface area (Å²) in [5, 5.41) is 5.74. The van der Waals surface area contributed by atoms with E-state index in [9.17, 15) is 9.59 Å². The summed E-state index contributed by atoms with van der Waals surface area (Å²) in [6.07, 6.45) is 1.53. The molecule has 0 radical (unpaired) electrons. The molecule has 0 N–H and O–H groups in total. The molecule has 0 saturated carbocycles. The molecule has 0 saturated heterocycles. The summed E-state index contributed by atoms with van der Waals surface area (Å²) in [5.74, 6) is 0. The third-order valence-corrected chi connectivity index (χ3v) is 3.51. The second-order valence-electron chi connectivity index (χ2n) is 4.15. The number of hydrogen-bond acceptors (Lipinski definition) is 6. The van der Waals surface area contributed by atoms with Crippen LogP contribution in [0.1, 0.15) is 5.69 Å². The molecule has 3 rings (SSSR count). The summed E-state index contributed by atoms with van der Waals surface area (Å²) in [7, 11) is 3.04. The van der Waals surface area contributed by atoms with E-state index in [1.54, 1.807) is 17.0 Å². The standard InChI is InChI=1S/C10H10N6O2S/c1-14-8-7(9(17)15(2)10(14)18)16(5-11-8)3-6-4-19-13-12-6/h4-5H,3H2,1-2H3. The van der Waals surface area contributed by atoms with Crippen LogP contribution in [0.15, 0.2) is 21.3 Å². The number of aromatic nitrogens is 6. The smallest absolute Gasteiger partial charge is 0.319 e. The first-order valence-corrected chi connectivity index (χ1v) is 6.30. The lowest BCUT2D eigenvalue weighted by molar-refractivity contribution is 0.701. The van der Waals surface area contributed by atoms with Crippen LogP contribution in [0, 0.1) is 0 Å². The summed E-state index contributed by atoms with van der Waals surface area (Å²) in [5.41, 5.74) is 0.756. The maximum atomic E-state index is 12.2. The van der Waals surface area contributed by atoms with Gasteiger partial charge in [0.05, 0.1) is 18.6 Å². The van der Waals surface area contributed by atoms with Crippen molar-refractivity contribution in [1.82, 2.24) is 28.3 Å². The van der Waals surface area contributed by atoms with Gasteiger partial charge < -0.3 is 4.57 Å². The largest absolute Gasteiger partial charge is 0.332 e. The number of fused-ring (bicyclic) bond motifs is 1. The maximum Gasteiger partial charge on any atom is 0.332 e. The van der Waals surface area contributed by atoms with E-state index in [0.717, 1.165) is 10.3 Å². The molecule has 0 atom stereocenters. The van der Waals surface area contributed by atoms with Gasteiger partial charge in [0.1, 0.15) is 0 Å². The molecule has 3 aromatic rings. The van der Waals surface area contributed by atoms with Gasteiger partial charge in [0.15, 0.2) is 11.2 Å². The van der Waals surface area contributed by atoms with E-state index in [2.05, 4.69) is 14.6 Å². The molecular formula is C10H10N6O2S. The molecule has 0 aliphatic carbocycles. The average molecular weight is 278 g/mol. The number of imidazole rings is 1. The van der Waals surface area contributed by atoms with Crippen molar-refractivity contribution in [1.29, 1.82) is 0 Å². The fourth-order valence-electron chi connectivity index (χ4n) is 1.94. The maximum absolute atomic E-state index is 12.2. The van der Waals surface area contributed by atoms with Gasteiger partial charge in [-0.1, -0.05) is 4.49 Å². The highest BCUT2D eigenvalue weighted by atomic mass is 32.1. The summed E-state index contributed by atoms with van der Waals surface area (Å²) in [4.78, 5) is 28.1. The Balaban J connectivity index is 2.29. The molecule has 8 nitrogen and oxygen atoms in total. The van der Waals surface area contributed by atoms with Gasteiger partial charge in [-0.05, 0) is 11.5 Å². The van der Waals surface area contributed by atoms with Crippen LogP contribution < -0.4 is 11.2 Å². The molecule has 0 aromatic carbocycles. The number of hydrogen-bond donors (Lipinski definition) is 0. The summed E-state index contributed by atoms with van der Waals surface area (Å²) >= 11 is 1.25. The molecule has 9 heteroatoms. The van der Waals surface area contributed by atoms with E-state index < -0.39 is 5.69 Å². The van der Waals surface area contributed by atoms with Gasteiger partial charge in [-0.15, -0.1) is 5.10 Å². The molecule has 19 heavy (non-hydrogen) atoms. The zero-order valence-electron chi connectivity index (χ0n) is 10.3. The zero-order valence-corrected chi connectivity index (χ0v) is 11.1. The monoisotopic (exact) mass is 278 g/mol. The molecule has 0 amide bonds. The van der Waals surface area contributed by atoms with Crippen LogP contribution in [0.4, 0.5) is 0 Å². The van der Waals surface area contributed by atoms with Crippen molar-refractivity contribution >= 4 is 22.7 Å². The Morgan fingerprint density at radius 2 is 2.05 bits per heavy atom. The van der Waals surface area contributed by atoms with Crippen molar-refractivity contribution < 1.29 is 0 Å². The summed E-state index contributed by atoms with van der Waals surface area (Å²) in [6, 6.07) is 0. The highest BCUT2D eigenvalue weighted by molar-refractivity contribution is 7.03. The molecule has 3 aromatic heterocycles. The van der Waals surface area contributed by atoms with Crippen LogP contribution in [0.3, 0.4) is 0 Å². The van der Waals surface area contributed by atoms with Gasteiger partial charge in [0.25, 0.3) is 5.56 Å². The third-order valence-electron chi connectivity index (χ3n) is 2.95. The van der Waals surface area contributed by atoms with E-state index in [1.807, 2.05) is 0 Å². The number of rotatable bonds is 2. The lowest BCUT2D eigenvalue weighted by Crippen LogP contribution is -2.37. The van der Waals surface area contributed by atoms with Crippen molar-refractivity contribution in [2.75, 3.05) is 0 Å². The van der Waals surface area contributed by atoms with E-state index >= 15 is 0 Å². The van der Waals surface area contributed by atoms with Crippen molar-refractivity contribution in [3.8, 4) is 0 Å². The normalized spacial score (nSPS) is 11.3. The zero-order chi connectivity index (χ0) is 13.6. The Kier molecular flexibility index (Phi) is 2.56. The minimum absolute atomic E-state index is 0.362. The molecule has 98 valence electrons. The molecule has 0 unspecified atom stereocenters. The molecule has 0 bridgehead atoms. The van der Waals surface area contributed by atoms with Crippen LogP contribution in [0.5, 0.6) is 0 Å². The van der Waals surface area contributed by atoms with Gasteiger partial charge in [-0.3, -0.25) is 13.9 Å². The second-order valence-corrected chi connectivity index (χ2v) is 4.76. The van der Waals surface area contributed by atoms with Crippen LogP contribution in [-0.4, -0.2) is 28.3 Å². The van der Waals surface area contributed by atoms with Gasteiger partial charge in [-0.2, -0.15) is 0 Å². The Morgan fingerprint density at radius 1 is 1.26 bits per heavy atom. The Hall–Kier alpha value is -2.29. The first-order valence-electron chi connectivity index (χ1n) is 5.46. The van der Waals surface area contributed by atoms with Crippen LogP contribution in [0.25, 0.3) is 11.2 Å². The van der Waals surface area contributed by atoms with Crippen LogP contribution >= 0.6 is 11.5 Å². The predicted molar refractivity (Wildman–Crippen MR) is 69.2 cm³/mol. The predicted octanol–water partition coefficient (Wildman–Crippen LogP) is -0.667. The van der Waals surface area contributed by atoms with E-state index in [1.165, 1.54) is 29.5 Å². The fraction of sp³-hybridized carbons (Fsp3) is 0.300. The quantitative estimate of drug-likeness (QED) is 0.620. The lowest BCUT2D eigenvalue weighted by Gasteiger charge is -2.05. The van der Waals surface area contributed by atoms with Gasteiger partial charge >= 0.3 is 5.69 Å². The first kappa shape index (κ1) is 11.8. The van der Waals surface area contributed by atoms with Gasteiger partial charge in [0, 0.05) is 19.5 Å². The Bertz CT molecular complexity index is 857. The van der Waals surface area contributed by atoms with Crippen LogP contribution in [0.2, 0.25) is 0 Å². The van der Waals surface area contributed by atoms with Crippen molar-refractivity contribution in [3.05, 3.63) is 38.2 Å². The molecule has 3 heterocycles. The summed E-state index contributed by atoms with van der Waals surface area (Å²) in [6.45, 7) is 0.403. The Labute approximate surface area is 110 Å². The van der Waals surface area contributed by atoms with Gasteiger partial charge in [-0.25, -0.2) is 9.78 Å². The minimum Gasteiger partial charge on any atom is -0.319 e. The van der Waals surface area contributed by atoms with E-state index in [4.69, 9.17) is 0 Å². The van der Waals surface area contributed by atoms with Crippen molar-refractivity contribution in [2.24, 2.45) is 14.1 Å². The third kappa shape index (κ3) is 1.70. The van der Waals surface area contributed by atoms with E-state index in [0.29, 0.717) is 17.7 Å². The van der Waals surface area contributed by atoms with Crippen molar-refractivity contribution in [3.63, 3.8) is 0 Å². The first-order chi connectivity index (χ1) is 9.09. The lowest BCUT2D eigenvalue weighted by atomic mass is 10.4. The SMILES string of the molecule is Cn1c(=O)c2c(ncn2Cc2csnn2)n(C)c1=O. The molecule has 0 spiro atoms. The fourth-order valence-corrected chi connectivity index (χ4v) is 2.39. The summed E-state index contributed by atoms with van der Waals surface area (Å²) < 4.78 is 7.87. The highest BCUT2D eigenvalue weighted by Gasteiger charge is 2.14. The molecular weight excluding hydrogens is 268 g/mol. The highest BCUT2D eigenvalue weighted by Crippen LogP contribution is 2.08. The second kappa shape index (κ2) is 4.12. The number of nitrogens with zero attached hydrogens (tertiary/aromatic N) is 6. The Morgan fingerprint density at radius 3 is 2.74 bits per heavy atom. The molecule has 0 aliphatic heterocycles. The van der Waals surface area contributed by atoms with Crippen molar-refractivity contribution in [2.45, 2.75) is 6.54 Å². The number of aryl methyl sites for hydroxylation is 1. The molecule has 0 fully saturated rings.